The summed E-state index contributed by atoms with van der Waals surface area (Å²) in [5.41, 5.74) is 6.95. The third kappa shape index (κ3) is 3.22. The Morgan fingerprint density at radius 3 is 2.58 bits per heavy atom. The number of nitrogens with zero attached hydrogens (tertiary/aromatic N) is 1. The largest absolute Gasteiger partial charge is 0.399 e. The molecule has 2 rings (SSSR count). The van der Waals surface area contributed by atoms with Gasteiger partial charge in [0.2, 0.25) is 11.8 Å². The molecule has 0 aliphatic heterocycles. The molecule has 0 aromatic heterocycles. The Balaban J connectivity index is 2.04. The summed E-state index contributed by atoms with van der Waals surface area (Å²) >= 11 is 0. The van der Waals surface area contributed by atoms with E-state index >= 15 is 0 Å². The highest BCUT2D eigenvalue weighted by Crippen LogP contribution is 2.37. The zero-order valence-corrected chi connectivity index (χ0v) is 10.9. The number of amides is 1. The maximum Gasteiger partial charge on any atom is 0.248 e. The van der Waals surface area contributed by atoms with Crippen LogP contribution in [0.2, 0.25) is 0 Å². The summed E-state index contributed by atoms with van der Waals surface area (Å²) in [4.78, 5) is 13.8. The molecule has 1 amide bonds. The van der Waals surface area contributed by atoms with Crippen molar-refractivity contribution in [3.8, 4) is 0 Å². The lowest BCUT2D eigenvalue weighted by atomic mass is 9.86. The van der Waals surface area contributed by atoms with Crippen LogP contribution >= 0.6 is 0 Å². The van der Waals surface area contributed by atoms with E-state index in [1.54, 1.807) is 31.3 Å². The maximum absolute atomic E-state index is 13.1. The summed E-state index contributed by atoms with van der Waals surface area (Å²) in [6, 6.07) is 6.99. The minimum absolute atomic E-state index is 0.110. The van der Waals surface area contributed by atoms with Gasteiger partial charge in [-0.1, -0.05) is 6.07 Å². The number of carbonyl (C=O) groups excluding carboxylic acids is 1. The van der Waals surface area contributed by atoms with Crippen LogP contribution in [0.25, 0.3) is 0 Å². The predicted molar refractivity (Wildman–Crippen MR) is 71.2 cm³/mol. The Morgan fingerprint density at radius 2 is 2.00 bits per heavy atom. The first kappa shape index (κ1) is 13.8. The highest BCUT2D eigenvalue weighted by atomic mass is 19.3. The van der Waals surface area contributed by atoms with Crippen molar-refractivity contribution in [2.45, 2.75) is 31.6 Å². The minimum Gasteiger partial charge on any atom is -0.399 e. The van der Waals surface area contributed by atoms with Gasteiger partial charge in [0.05, 0.1) is 0 Å². The van der Waals surface area contributed by atoms with Crippen LogP contribution in [0.1, 0.15) is 25.7 Å². The van der Waals surface area contributed by atoms with Crippen molar-refractivity contribution in [3.63, 3.8) is 0 Å². The van der Waals surface area contributed by atoms with Gasteiger partial charge in [-0.3, -0.25) is 4.79 Å². The molecule has 0 heterocycles. The Hall–Kier alpha value is -1.65. The third-order valence-electron chi connectivity index (χ3n) is 3.65. The Labute approximate surface area is 111 Å². The van der Waals surface area contributed by atoms with E-state index in [4.69, 9.17) is 5.73 Å². The van der Waals surface area contributed by atoms with Gasteiger partial charge in [-0.2, -0.15) is 0 Å². The molecule has 5 heteroatoms. The molecule has 1 aromatic rings. The Bertz CT molecular complexity index is 466. The van der Waals surface area contributed by atoms with Crippen LogP contribution in [-0.4, -0.2) is 18.9 Å². The van der Waals surface area contributed by atoms with E-state index in [-0.39, 0.29) is 37.5 Å². The molecule has 0 saturated heterocycles. The average molecular weight is 268 g/mol. The summed E-state index contributed by atoms with van der Waals surface area (Å²) in [5.74, 6) is -3.03. The summed E-state index contributed by atoms with van der Waals surface area (Å²) in [6.45, 7) is 0. The van der Waals surface area contributed by atoms with E-state index in [1.807, 2.05) is 0 Å². The first-order chi connectivity index (χ1) is 8.89. The smallest absolute Gasteiger partial charge is 0.248 e. The van der Waals surface area contributed by atoms with E-state index in [2.05, 4.69) is 0 Å². The van der Waals surface area contributed by atoms with Gasteiger partial charge < -0.3 is 10.6 Å². The molecule has 19 heavy (non-hydrogen) atoms. The molecule has 1 aliphatic rings. The molecule has 1 fully saturated rings. The highest BCUT2D eigenvalue weighted by molar-refractivity contribution is 5.94. The van der Waals surface area contributed by atoms with E-state index in [0.717, 1.165) is 0 Å². The standard InChI is InChI=1S/C14H18F2N2O/c1-18(12-4-2-3-11(17)9-12)13(19)10-5-7-14(15,16)8-6-10/h2-4,9-10H,5-8,17H2,1H3. The second-order valence-electron chi connectivity index (χ2n) is 5.12. The van der Waals surface area contributed by atoms with Gasteiger partial charge in [0.25, 0.3) is 0 Å². The van der Waals surface area contributed by atoms with E-state index in [1.165, 1.54) is 4.90 Å². The lowest BCUT2D eigenvalue weighted by Gasteiger charge is -2.30. The summed E-state index contributed by atoms with van der Waals surface area (Å²) in [5, 5.41) is 0. The summed E-state index contributed by atoms with van der Waals surface area (Å²) in [6.07, 6.45) is 0.0966. The fourth-order valence-electron chi connectivity index (χ4n) is 2.42. The molecule has 0 bridgehead atoms. The van der Waals surface area contributed by atoms with Crippen LogP contribution in [0.3, 0.4) is 0 Å². The molecule has 3 nitrogen and oxygen atoms in total. The number of hydrogen-bond donors (Lipinski definition) is 1. The molecule has 1 aliphatic carbocycles. The third-order valence-corrected chi connectivity index (χ3v) is 3.65. The van der Waals surface area contributed by atoms with Gasteiger partial charge in [0, 0.05) is 37.2 Å². The van der Waals surface area contributed by atoms with Gasteiger partial charge in [-0.25, -0.2) is 8.78 Å². The van der Waals surface area contributed by atoms with Crippen molar-refractivity contribution in [3.05, 3.63) is 24.3 Å². The van der Waals surface area contributed by atoms with Crippen LogP contribution in [-0.2, 0) is 4.79 Å². The molecule has 0 unspecified atom stereocenters. The normalized spacial score (nSPS) is 19.1. The SMILES string of the molecule is CN(C(=O)C1CCC(F)(F)CC1)c1cccc(N)c1. The lowest BCUT2D eigenvalue weighted by Crippen LogP contribution is -2.37. The molecule has 1 aromatic carbocycles. The fourth-order valence-corrected chi connectivity index (χ4v) is 2.42. The van der Waals surface area contributed by atoms with E-state index in [0.29, 0.717) is 11.4 Å². The monoisotopic (exact) mass is 268 g/mol. The van der Waals surface area contributed by atoms with Crippen molar-refractivity contribution < 1.29 is 13.6 Å². The number of nitrogens with two attached hydrogens (primary N) is 1. The van der Waals surface area contributed by atoms with Crippen molar-refractivity contribution in [2.24, 2.45) is 5.92 Å². The first-order valence-electron chi connectivity index (χ1n) is 6.40. The molecule has 0 spiro atoms. The number of alkyl halides is 2. The molecule has 1 saturated carbocycles. The number of carbonyl (C=O) groups is 1. The van der Waals surface area contributed by atoms with Crippen LogP contribution in [0.15, 0.2) is 24.3 Å². The van der Waals surface area contributed by atoms with Gasteiger partial charge in [0.15, 0.2) is 0 Å². The number of nitrogen functional groups attached to an aromatic ring is 1. The van der Waals surface area contributed by atoms with Gasteiger partial charge >= 0.3 is 0 Å². The Morgan fingerprint density at radius 1 is 1.37 bits per heavy atom. The molecule has 0 radical (unpaired) electrons. The zero-order chi connectivity index (χ0) is 14.0. The van der Waals surface area contributed by atoms with Crippen LogP contribution in [0, 0.1) is 5.92 Å². The summed E-state index contributed by atoms with van der Waals surface area (Å²) in [7, 11) is 1.66. The number of rotatable bonds is 2. The second-order valence-corrected chi connectivity index (χ2v) is 5.12. The van der Waals surface area contributed by atoms with Gasteiger partial charge in [0.1, 0.15) is 0 Å². The topological polar surface area (TPSA) is 46.3 Å². The summed E-state index contributed by atoms with van der Waals surface area (Å²) < 4.78 is 26.2. The maximum atomic E-state index is 13.1. The van der Waals surface area contributed by atoms with Crippen LogP contribution in [0.5, 0.6) is 0 Å². The number of benzene rings is 1. The Kier molecular flexibility index (Phi) is 3.73. The molecule has 0 atom stereocenters. The average Bonchev–Trinajstić information content (AvgIpc) is 2.37. The zero-order valence-electron chi connectivity index (χ0n) is 10.9. The van der Waals surface area contributed by atoms with Crippen molar-refractivity contribution in [1.82, 2.24) is 0 Å². The fraction of sp³-hybridized carbons (Fsp3) is 0.500. The van der Waals surface area contributed by atoms with Gasteiger partial charge in [-0.05, 0) is 31.0 Å². The lowest BCUT2D eigenvalue weighted by molar-refractivity contribution is -0.126. The van der Waals surface area contributed by atoms with Crippen LogP contribution < -0.4 is 10.6 Å². The molecular formula is C14H18F2N2O. The first-order valence-corrected chi connectivity index (χ1v) is 6.40. The molecular weight excluding hydrogens is 250 g/mol. The number of hydrogen-bond acceptors (Lipinski definition) is 2. The number of halogens is 2. The van der Waals surface area contributed by atoms with Crippen LogP contribution in [0.4, 0.5) is 20.2 Å². The van der Waals surface area contributed by atoms with Crippen molar-refractivity contribution in [1.29, 1.82) is 0 Å². The number of anilines is 2. The second kappa shape index (κ2) is 5.15. The predicted octanol–water partition coefficient (Wildman–Crippen LogP) is 3.06. The van der Waals surface area contributed by atoms with Crippen molar-refractivity contribution >= 4 is 17.3 Å². The molecule has 2 N–H and O–H groups in total. The molecule has 104 valence electrons. The highest BCUT2D eigenvalue weighted by Gasteiger charge is 2.38. The van der Waals surface area contributed by atoms with Gasteiger partial charge in [-0.15, -0.1) is 0 Å². The quantitative estimate of drug-likeness (QED) is 0.838. The van der Waals surface area contributed by atoms with E-state index < -0.39 is 5.92 Å². The van der Waals surface area contributed by atoms with Crippen molar-refractivity contribution in [2.75, 3.05) is 17.7 Å². The minimum atomic E-state index is -2.60. The van der Waals surface area contributed by atoms with E-state index in [9.17, 15) is 13.6 Å².